The van der Waals surface area contributed by atoms with Crippen LogP contribution in [0.3, 0.4) is 0 Å². The van der Waals surface area contributed by atoms with Crippen molar-refractivity contribution in [1.29, 1.82) is 0 Å². The van der Waals surface area contributed by atoms with Gasteiger partial charge in [-0.3, -0.25) is 9.59 Å². The zero-order valence-electron chi connectivity index (χ0n) is 14.2. The van der Waals surface area contributed by atoms with Gasteiger partial charge in [0, 0.05) is 23.4 Å². The highest BCUT2D eigenvalue weighted by Gasteiger charge is 2.26. The summed E-state index contributed by atoms with van der Waals surface area (Å²) in [5, 5.41) is 6.78. The molecule has 1 aliphatic heterocycles. The maximum atomic E-state index is 12.3. The zero-order chi connectivity index (χ0) is 17.9. The zero-order valence-corrected chi connectivity index (χ0v) is 14.2. The Balaban J connectivity index is 1.37. The van der Waals surface area contributed by atoms with Crippen LogP contribution < -0.4 is 10.6 Å². The number of carbonyl (C=O) groups is 2. The van der Waals surface area contributed by atoms with Crippen molar-refractivity contribution in [2.24, 2.45) is 5.92 Å². The van der Waals surface area contributed by atoms with Crippen LogP contribution in [-0.2, 0) is 16.0 Å². The molecule has 4 rings (SSSR count). The number of nitrogens with one attached hydrogen (secondary N) is 2. The standard InChI is InChI=1S/C21H19N3O2/c25-20(24-19-11-9-14-5-1-3-7-17(14)22-19)12-10-16-13-15-6-2-4-8-18(15)23-21(16)26/h1-9,11,16H,10,12-13H2,(H,23,26)(H,22,24,25)/t16-/m1/s1. The van der Waals surface area contributed by atoms with Gasteiger partial charge in [-0.25, -0.2) is 4.98 Å². The number of hydrogen-bond acceptors (Lipinski definition) is 3. The monoisotopic (exact) mass is 345 g/mol. The Morgan fingerprint density at radius 2 is 1.88 bits per heavy atom. The van der Waals surface area contributed by atoms with E-state index >= 15 is 0 Å². The van der Waals surface area contributed by atoms with Crippen molar-refractivity contribution in [1.82, 2.24) is 4.98 Å². The summed E-state index contributed by atoms with van der Waals surface area (Å²) in [7, 11) is 0. The number of fused-ring (bicyclic) bond motifs is 2. The van der Waals surface area contributed by atoms with Gasteiger partial charge < -0.3 is 10.6 Å². The maximum Gasteiger partial charge on any atom is 0.227 e. The predicted octanol–water partition coefficient (Wildman–Crippen LogP) is 3.76. The Hall–Kier alpha value is -3.21. The van der Waals surface area contributed by atoms with Gasteiger partial charge in [0.1, 0.15) is 5.82 Å². The molecule has 2 amide bonds. The molecule has 0 spiro atoms. The van der Waals surface area contributed by atoms with Crippen LogP contribution in [0.1, 0.15) is 18.4 Å². The number of aromatic nitrogens is 1. The molecule has 0 radical (unpaired) electrons. The molecular weight excluding hydrogens is 326 g/mol. The number of rotatable bonds is 4. The van der Waals surface area contributed by atoms with Crippen LogP contribution in [0, 0.1) is 5.92 Å². The Morgan fingerprint density at radius 1 is 1.08 bits per heavy atom. The third-order valence-electron chi connectivity index (χ3n) is 4.70. The van der Waals surface area contributed by atoms with E-state index in [2.05, 4.69) is 15.6 Å². The molecule has 2 heterocycles. The molecule has 1 aliphatic rings. The van der Waals surface area contributed by atoms with Crippen molar-refractivity contribution >= 4 is 34.2 Å². The first-order chi connectivity index (χ1) is 12.7. The van der Waals surface area contributed by atoms with Crippen molar-refractivity contribution < 1.29 is 9.59 Å². The summed E-state index contributed by atoms with van der Waals surface area (Å²) in [6.45, 7) is 0. The third kappa shape index (κ3) is 3.42. The number of nitrogens with zero attached hydrogens (tertiary/aromatic N) is 1. The Kier molecular flexibility index (Phi) is 4.35. The summed E-state index contributed by atoms with van der Waals surface area (Å²) in [6, 6.07) is 19.3. The van der Waals surface area contributed by atoms with Crippen LogP contribution in [0.4, 0.5) is 11.5 Å². The molecule has 5 nitrogen and oxygen atoms in total. The average Bonchev–Trinajstić information content (AvgIpc) is 2.66. The second-order valence-electron chi connectivity index (χ2n) is 6.52. The topological polar surface area (TPSA) is 71.1 Å². The first-order valence-electron chi connectivity index (χ1n) is 8.73. The van der Waals surface area contributed by atoms with Crippen molar-refractivity contribution in [2.45, 2.75) is 19.3 Å². The molecule has 1 atom stereocenters. The summed E-state index contributed by atoms with van der Waals surface area (Å²) in [5.41, 5.74) is 2.83. The van der Waals surface area contributed by atoms with E-state index in [0.29, 0.717) is 18.7 Å². The number of para-hydroxylation sites is 2. The molecule has 0 saturated carbocycles. The van der Waals surface area contributed by atoms with Crippen LogP contribution in [0.15, 0.2) is 60.7 Å². The molecular formula is C21H19N3O2. The van der Waals surface area contributed by atoms with Gasteiger partial charge >= 0.3 is 0 Å². The molecule has 0 bridgehead atoms. The van der Waals surface area contributed by atoms with E-state index in [0.717, 1.165) is 22.2 Å². The molecule has 0 aliphatic carbocycles. The van der Waals surface area contributed by atoms with E-state index in [1.807, 2.05) is 54.6 Å². The Labute approximate surface area is 151 Å². The van der Waals surface area contributed by atoms with Gasteiger partial charge in [0.15, 0.2) is 0 Å². The summed E-state index contributed by atoms with van der Waals surface area (Å²) in [4.78, 5) is 28.9. The van der Waals surface area contributed by atoms with Gasteiger partial charge in [0.2, 0.25) is 11.8 Å². The fourth-order valence-corrected chi connectivity index (χ4v) is 3.29. The largest absolute Gasteiger partial charge is 0.326 e. The smallest absolute Gasteiger partial charge is 0.227 e. The second kappa shape index (κ2) is 6.96. The summed E-state index contributed by atoms with van der Waals surface area (Å²) in [5.74, 6) is 0.215. The molecule has 0 saturated heterocycles. The highest BCUT2D eigenvalue weighted by atomic mass is 16.2. The highest BCUT2D eigenvalue weighted by molar-refractivity contribution is 5.96. The first-order valence-corrected chi connectivity index (χ1v) is 8.73. The van der Waals surface area contributed by atoms with E-state index in [1.165, 1.54) is 0 Å². The summed E-state index contributed by atoms with van der Waals surface area (Å²) < 4.78 is 0. The van der Waals surface area contributed by atoms with Gasteiger partial charge in [-0.1, -0.05) is 36.4 Å². The molecule has 2 aromatic carbocycles. The number of amides is 2. The Bertz CT molecular complexity index is 984. The van der Waals surface area contributed by atoms with Gasteiger partial charge in [-0.2, -0.15) is 0 Å². The number of anilines is 2. The molecule has 1 aromatic heterocycles. The molecule has 130 valence electrons. The maximum absolute atomic E-state index is 12.3. The number of benzene rings is 2. The van der Waals surface area contributed by atoms with Crippen LogP contribution in [-0.4, -0.2) is 16.8 Å². The molecule has 0 fully saturated rings. The lowest BCUT2D eigenvalue weighted by Crippen LogP contribution is -2.30. The molecule has 5 heteroatoms. The van der Waals surface area contributed by atoms with Crippen molar-refractivity contribution in [2.75, 3.05) is 10.6 Å². The van der Waals surface area contributed by atoms with Gasteiger partial charge in [-0.15, -0.1) is 0 Å². The quantitative estimate of drug-likeness (QED) is 0.756. The van der Waals surface area contributed by atoms with Crippen molar-refractivity contribution in [3.8, 4) is 0 Å². The average molecular weight is 345 g/mol. The normalized spacial score (nSPS) is 16.0. The van der Waals surface area contributed by atoms with Crippen LogP contribution in [0.25, 0.3) is 10.9 Å². The number of carbonyl (C=O) groups excluding carboxylic acids is 2. The minimum Gasteiger partial charge on any atom is -0.326 e. The molecule has 0 unspecified atom stereocenters. The van der Waals surface area contributed by atoms with Crippen LogP contribution in [0.5, 0.6) is 0 Å². The lowest BCUT2D eigenvalue weighted by atomic mass is 9.89. The Morgan fingerprint density at radius 3 is 2.81 bits per heavy atom. The van der Waals surface area contributed by atoms with E-state index in [-0.39, 0.29) is 24.2 Å². The predicted molar refractivity (Wildman–Crippen MR) is 102 cm³/mol. The highest BCUT2D eigenvalue weighted by Crippen LogP contribution is 2.27. The molecule has 2 N–H and O–H groups in total. The minimum atomic E-state index is -0.180. The van der Waals surface area contributed by atoms with Gasteiger partial charge in [0.05, 0.1) is 5.52 Å². The molecule has 3 aromatic rings. The van der Waals surface area contributed by atoms with Gasteiger partial charge in [-0.05, 0) is 42.7 Å². The minimum absolute atomic E-state index is 0.0136. The van der Waals surface area contributed by atoms with Gasteiger partial charge in [0.25, 0.3) is 0 Å². The van der Waals surface area contributed by atoms with Crippen LogP contribution in [0.2, 0.25) is 0 Å². The summed E-state index contributed by atoms with van der Waals surface area (Å²) in [6.07, 6.45) is 1.47. The molecule has 26 heavy (non-hydrogen) atoms. The van der Waals surface area contributed by atoms with Crippen LogP contribution >= 0.6 is 0 Å². The van der Waals surface area contributed by atoms with E-state index < -0.39 is 0 Å². The first kappa shape index (κ1) is 16.3. The lowest BCUT2D eigenvalue weighted by Gasteiger charge is -2.24. The third-order valence-corrected chi connectivity index (χ3v) is 4.70. The summed E-state index contributed by atoms with van der Waals surface area (Å²) >= 11 is 0. The van der Waals surface area contributed by atoms with Crippen molar-refractivity contribution in [3.05, 3.63) is 66.2 Å². The van der Waals surface area contributed by atoms with Crippen molar-refractivity contribution in [3.63, 3.8) is 0 Å². The lowest BCUT2D eigenvalue weighted by molar-refractivity contribution is -0.121. The van der Waals surface area contributed by atoms with E-state index in [9.17, 15) is 9.59 Å². The fourth-order valence-electron chi connectivity index (χ4n) is 3.29. The van der Waals surface area contributed by atoms with E-state index in [4.69, 9.17) is 0 Å². The second-order valence-corrected chi connectivity index (χ2v) is 6.52. The van der Waals surface area contributed by atoms with E-state index in [1.54, 1.807) is 6.07 Å². The number of hydrogen-bond donors (Lipinski definition) is 2. The fraction of sp³-hybridized carbons (Fsp3) is 0.190. The number of pyridine rings is 1. The SMILES string of the molecule is O=C(CC[C@@H]1Cc2ccccc2NC1=O)Nc1ccc2ccccc2n1.